The lowest BCUT2D eigenvalue weighted by Crippen LogP contribution is -2.53. The Morgan fingerprint density at radius 1 is 1.44 bits per heavy atom. The van der Waals surface area contributed by atoms with E-state index in [1.165, 1.54) is 6.42 Å². The Kier molecular flexibility index (Phi) is 4.74. The van der Waals surface area contributed by atoms with Gasteiger partial charge in [-0.1, -0.05) is 0 Å². The molecule has 2 atom stereocenters. The van der Waals surface area contributed by atoms with Crippen LogP contribution in [0.4, 0.5) is 0 Å². The number of carbonyl (C=O) groups excluding carboxylic acids is 1. The Hall–Kier alpha value is -0.610. The van der Waals surface area contributed by atoms with Crippen LogP contribution in [0.2, 0.25) is 0 Å². The average molecular weight is 227 g/mol. The molecule has 1 saturated heterocycles. The number of likely N-dealkylation sites (N-methyl/N-ethyl adjacent to an activating group) is 1. The SMILES string of the molecule is CC(C)N(C)[C@H]1CCCN(C(=O)[C@H](C)N)C1. The summed E-state index contributed by atoms with van der Waals surface area (Å²) in [4.78, 5) is 16.1. The third kappa shape index (κ3) is 3.19. The standard InChI is InChI=1S/C12H25N3O/c1-9(2)14(4)11-6-5-7-15(8-11)12(16)10(3)13/h9-11H,5-8,13H2,1-4H3/t10-,11-/m0/s1. The first-order valence-corrected chi connectivity index (χ1v) is 6.19. The Morgan fingerprint density at radius 2 is 2.06 bits per heavy atom. The van der Waals surface area contributed by atoms with Gasteiger partial charge in [0.2, 0.25) is 5.91 Å². The van der Waals surface area contributed by atoms with Gasteiger partial charge in [0.1, 0.15) is 0 Å². The van der Waals surface area contributed by atoms with Crippen LogP contribution in [0, 0.1) is 0 Å². The summed E-state index contributed by atoms with van der Waals surface area (Å²) in [5.41, 5.74) is 5.64. The molecule has 4 nitrogen and oxygen atoms in total. The van der Waals surface area contributed by atoms with Crippen LogP contribution in [0.1, 0.15) is 33.6 Å². The van der Waals surface area contributed by atoms with Gasteiger partial charge < -0.3 is 10.6 Å². The molecule has 0 spiro atoms. The van der Waals surface area contributed by atoms with E-state index in [2.05, 4.69) is 25.8 Å². The Labute approximate surface area is 98.8 Å². The maximum atomic E-state index is 11.8. The highest BCUT2D eigenvalue weighted by Gasteiger charge is 2.28. The fourth-order valence-electron chi connectivity index (χ4n) is 2.20. The van der Waals surface area contributed by atoms with Crippen LogP contribution in [0.15, 0.2) is 0 Å². The van der Waals surface area contributed by atoms with Gasteiger partial charge in [0, 0.05) is 25.2 Å². The number of amides is 1. The lowest BCUT2D eigenvalue weighted by Gasteiger charge is -2.39. The molecule has 2 N–H and O–H groups in total. The van der Waals surface area contributed by atoms with E-state index in [-0.39, 0.29) is 11.9 Å². The van der Waals surface area contributed by atoms with E-state index in [4.69, 9.17) is 5.73 Å². The van der Waals surface area contributed by atoms with Crippen LogP contribution in [0.25, 0.3) is 0 Å². The Bertz CT molecular complexity index is 240. The van der Waals surface area contributed by atoms with Crippen molar-refractivity contribution in [3.05, 3.63) is 0 Å². The van der Waals surface area contributed by atoms with Gasteiger partial charge in [-0.05, 0) is 40.7 Å². The summed E-state index contributed by atoms with van der Waals surface area (Å²) in [5, 5.41) is 0. The molecule has 1 fully saturated rings. The van der Waals surface area contributed by atoms with Crippen molar-refractivity contribution in [1.29, 1.82) is 0 Å². The van der Waals surface area contributed by atoms with Crippen LogP contribution in [-0.4, -0.2) is 54.0 Å². The normalized spacial score (nSPS) is 23.9. The molecule has 0 aromatic heterocycles. The van der Waals surface area contributed by atoms with Crippen molar-refractivity contribution in [1.82, 2.24) is 9.80 Å². The molecule has 16 heavy (non-hydrogen) atoms. The fourth-order valence-corrected chi connectivity index (χ4v) is 2.20. The third-order valence-corrected chi connectivity index (χ3v) is 3.49. The smallest absolute Gasteiger partial charge is 0.239 e. The summed E-state index contributed by atoms with van der Waals surface area (Å²) in [6, 6.07) is 0.634. The summed E-state index contributed by atoms with van der Waals surface area (Å²) in [7, 11) is 2.13. The second kappa shape index (κ2) is 5.64. The van der Waals surface area contributed by atoms with E-state index >= 15 is 0 Å². The average Bonchev–Trinajstić information content (AvgIpc) is 2.26. The summed E-state index contributed by atoms with van der Waals surface area (Å²) >= 11 is 0. The van der Waals surface area contributed by atoms with Gasteiger partial charge in [-0.3, -0.25) is 9.69 Å². The minimum absolute atomic E-state index is 0.0851. The number of hydrogen-bond donors (Lipinski definition) is 1. The lowest BCUT2D eigenvalue weighted by atomic mass is 10.0. The molecule has 4 heteroatoms. The van der Waals surface area contributed by atoms with Gasteiger partial charge in [0.25, 0.3) is 0 Å². The maximum absolute atomic E-state index is 11.8. The maximum Gasteiger partial charge on any atom is 0.239 e. The Morgan fingerprint density at radius 3 is 2.56 bits per heavy atom. The number of rotatable bonds is 3. The van der Waals surface area contributed by atoms with Crippen LogP contribution in [0.3, 0.4) is 0 Å². The molecule has 0 aliphatic carbocycles. The fraction of sp³-hybridized carbons (Fsp3) is 0.917. The zero-order chi connectivity index (χ0) is 12.3. The topological polar surface area (TPSA) is 49.6 Å². The van der Waals surface area contributed by atoms with E-state index in [1.54, 1.807) is 6.92 Å². The zero-order valence-corrected chi connectivity index (χ0v) is 10.9. The molecule has 1 heterocycles. The number of likely N-dealkylation sites (tertiary alicyclic amines) is 1. The molecule has 0 bridgehead atoms. The number of nitrogens with two attached hydrogens (primary N) is 1. The van der Waals surface area contributed by atoms with Crippen molar-refractivity contribution in [3.63, 3.8) is 0 Å². The monoisotopic (exact) mass is 227 g/mol. The van der Waals surface area contributed by atoms with Gasteiger partial charge in [-0.2, -0.15) is 0 Å². The van der Waals surface area contributed by atoms with Crippen LogP contribution in [-0.2, 0) is 4.79 Å². The van der Waals surface area contributed by atoms with E-state index < -0.39 is 0 Å². The van der Waals surface area contributed by atoms with Crippen LogP contribution >= 0.6 is 0 Å². The molecule has 94 valence electrons. The molecule has 0 unspecified atom stereocenters. The first kappa shape index (κ1) is 13.5. The molecule has 1 amide bonds. The summed E-state index contributed by atoms with van der Waals surface area (Å²) in [6.07, 6.45) is 2.26. The predicted octanol–water partition coefficient (Wildman–Crippen LogP) is 0.665. The Balaban J connectivity index is 2.56. The summed E-state index contributed by atoms with van der Waals surface area (Å²) in [5.74, 6) is 0.0851. The minimum atomic E-state index is -0.372. The van der Waals surface area contributed by atoms with Crippen molar-refractivity contribution >= 4 is 5.91 Å². The molecule has 0 saturated carbocycles. The molecule has 1 aliphatic heterocycles. The molecular weight excluding hydrogens is 202 g/mol. The van der Waals surface area contributed by atoms with Gasteiger partial charge in [0.15, 0.2) is 0 Å². The van der Waals surface area contributed by atoms with E-state index in [0.717, 1.165) is 19.5 Å². The van der Waals surface area contributed by atoms with E-state index in [0.29, 0.717) is 12.1 Å². The highest BCUT2D eigenvalue weighted by atomic mass is 16.2. The van der Waals surface area contributed by atoms with E-state index in [1.807, 2.05) is 4.90 Å². The molecular formula is C12H25N3O. The highest BCUT2D eigenvalue weighted by Crippen LogP contribution is 2.17. The molecule has 0 radical (unpaired) electrons. The number of carbonyl (C=O) groups is 1. The van der Waals surface area contributed by atoms with Crippen molar-refractivity contribution in [2.75, 3.05) is 20.1 Å². The number of piperidine rings is 1. The van der Waals surface area contributed by atoms with Gasteiger partial charge in [-0.15, -0.1) is 0 Å². The van der Waals surface area contributed by atoms with Crippen LogP contribution < -0.4 is 5.73 Å². The van der Waals surface area contributed by atoms with Crippen molar-refractivity contribution in [3.8, 4) is 0 Å². The summed E-state index contributed by atoms with van der Waals surface area (Å²) < 4.78 is 0. The van der Waals surface area contributed by atoms with Crippen molar-refractivity contribution in [2.24, 2.45) is 5.73 Å². The second-order valence-corrected chi connectivity index (χ2v) is 5.13. The first-order chi connectivity index (χ1) is 7.43. The largest absolute Gasteiger partial charge is 0.340 e. The second-order valence-electron chi connectivity index (χ2n) is 5.13. The van der Waals surface area contributed by atoms with Crippen molar-refractivity contribution < 1.29 is 4.79 Å². The minimum Gasteiger partial charge on any atom is -0.340 e. The summed E-state index contributed by atoms with van der Waals surface area (Å²) in [6.45, 7) is 7.83. The lowest BCUT2D eigenvalue weighted by molar-refractivity contribution is -0.134. The zero-order valence-electron chi connectivity index (χ0n) is 10.9. The number of hydrogen-bond acceptors (Lipinski definition) is 3. The predicted molar refractivity (Wildman–Crippen MR) is 66.2 cm³/mol. The first-order valence-electron chi connectivity index (χ1n) is 6.19. The van der Waals surface area contributed by atoms with Gasteiger partial charge in [-0.25, -0.2) is 0 Å². The van der Waals surface area contributed by atoms with Crippen molar-refractivity contribution in [2.45, 2.75) is 51.7 Å². The molecule has 0 aromatic carbocycles. The molecule has 0 aromatic rings. The quantitative estimate of drug-likeness (QED) is 0.771. The number of nitrogens with zero attached hydrogens (tertiary/aromatic N) is 2. The third-order valence-electron chi connectivity index (χ3n) is 3.49. The molecule has 1 rings (SSSR count). The van der Waals surface area contributed by atoms with E-state index in [9.17, 15) is 4.79 Å². The van der Waals surface area contributed by atoms with Crippen LogP contribution in [0.5, 0.6) is 0 Å². The van der Waals surface area contributed by atoms with Gasteiger partial charge in [0.05, 0.1) is 6.04 Å². The van der Waals surface area contributed by atoms with Gasteiger partial charge >= 0.3 is 0 Å². The molecule has 1 aliphatic rings. The highest BCUT2D eigenvalue weighted by molar-refractivity contribution is 5.81.